The summed E-state index contributed by atoms with van der Waals surface area (Å²) in [6.45, 7) is 2.03. The Bertz CT molecular complexity index is 334. The number of rotatable bonds is 2. The molecule has 0 amide bonds. The van der Waals surface area contributed by atoms with E-state index in [-0.39, 0.29) is 5.82 Å². The third kappa shape index (κ3) is 2.29. The molecular formula is C12H16FNO. The predicted octanol–water partition coefficient (Wildman–Crippen LogP) is 2.30. The lowest BCUT2D eigenvalue weighted by molar-refractivity contribution is 0.385. The molecule has 82 valence electrons. The highest BCUT2D eigenvalue weighted by Crippen LogP contribution is 2.26. The van der Waals surface area contributed by atoms with E-state index in [2.05, 4.69) is 5.32 Å². The fourth-order valence-electron chi connectivity index (χ4n) is 2.07. The predicted molar refractivity (Wildman–Crippen MR) is 57.8 cm³/mol. The first-order valence-electron chi connectivity index (χ1n) is 5.35. The molecule has 2 nitrogen and oxygen atoms in total. The highest BCUT2D eigenvalue weighted by atomic mass is 19.1. The van der Waals surface area contributed by atoms with Gasteiger partial charge in [0.2, 0.25) is 0 Å². The van der Waals surface area contributed by atoms with Crippen LogP contribution in [0.5, 0.6) is 5.75 Å². The molecule has 0 bridgehead atoms. The molecular weight excluding hydrogens is 193 g/mol. The zero-order chi connectivity index (χ0) is 10.7. The van der Waals surface area contributed by atoms with Gasteiger partial charge in [0.25, 0.3) is 0 Å². The van der Waals surface area contributed by atoms with Crippen LogP contribution in [0.3, 0.4) is 0 Å². The number of hydrogen-bond acceptors (Lipinski definition) is 2. The van der Waals surface area contributed by atoms with Crippen LogP contribution in [0, 0.1) is 5.82 Å². The van der Waals surface area contributed by atoms with Gasteiger partial charge in [-0.15, -0.1) is 0 Å². The second-order valence-corrected chi connectivity index (χ2v) is 3.94. The molecule has 1 fully saturated rings. The molecule has 0 spiro atoms. The standard InChI is InChI=1S/C12H16FNO/c1-15-12-5-4-9(7-11(12)13)10-3-2-6-14-8-10/h4-5,7,10,14H,2-3,6,8H2,1H3/t10-/m1/s1. The highest BCUT2D eigenvalue weighted by molar-refractivity contribution is 5.31. The average molecular weight is 209 g/mol. The van der Waals surface area contributed by atoms with Crippen molar-refractivity contribution in [3.63, 3.8) is 0 Å². The molecule has 1 N–H and O–H groups in total. The van der Waals surface area contributed by atoms with Crippen LogP contribution < -0.4 is 10.1 Å². The number of halogens is 1. The third-order valence-electron chi connectivity index (χ3n) is 2.94. The van der Waals surface area contributed by atoms with Crippen molar-refractivity contribution in [2.75, 3.05) is 20.2 Å². The van der Waals surface area contributed by atoms with E-state index in [1.807, 2.05) is 6.07 Å². The number of hydrogen-bond donors (Lipinski definition) is 1. The molecule has 0 aromatic heterocycles. The highest BCUT2D eigenvalue weighted by Gasteiger charge is 2.16. The molecule has 0 unspecified atom stereocenters. The van der Waals surface area contributed by atoms with Crippen molar-refractivity contribution in [1.82, 2.24) is 5.32 Å². The van der Waals surface area contributed by atoms with Gasteiger partial charge >= 0.3 is 0 Å². The second-order valence-electron chi connectivity index (χ2n) is 3.94. The number of nitrogens with one attached hydrogen (secondary N) is 1. The van der Waals surface area contributed by atoms with Crippen LogP contribution in [0.25, 0.3) is 0 Å². The Labute approximate surface area is 89.4 Å². The summed E-state index contributed by atoms with van der Waals surface area (Å²) in [5.74, 6) is 0.502. The molecule has 0 radical (unpaired) electrons. The molecule has 1 heterocycles. The number of methoxy groups -OCH3 is 1. The van der Waals surface area contributed by atoms with Crippen molar-refractivity contribution in [2.24, 2.45) is 0 Å². The molecule has 1 aliphatic rings. The van der Waals surface area contributed by atoms with Crippen LogP contribution in [-0.2, 0) is 0 Å². The van der Waals surface area contributed by atoms with Gasteiger partial charge in [-0.2, -0.15) is 0 Å². The summed E-state index contributed by atoms with van der Waals surface area (Å²) in [4.78, 5) is 0. The minimum Gasteiger partial charge on any atom is -0.494 e. The van der Waals surface area contributed by atoms with Crippen LogP contribution >= 0.6 is 0 Å². The Morgan fingerprint density at radius 2 is 2.33 bits per heavy atom. The van der Waals surface area contributed by atoms with E-state index >= 15 is 0 Å². The van der Waals surface area contributed by atoms with E-state index < -0.39 is 0 Å². The quantitative estimate of drug-likeness (QED) is 0.807. The van der Waals surface area contributed by atoms with Crippen molar-refractivity contribution in [3.8, 4) is 5.75 Å². The van der Waals surface area contributed by atoms with Gasteiger partial charge in [-0.3, -0.25) is 0 Å². The summed E-state index contributed by atoms with van der Waals surface area (Å²) in [6, 6.07) is 5.26. The van der Waals surface area contributed by atoms with Gasteiger partial charge in [0, 0.05) is 6.54 Å². The lowest BCUT2D eigenvalue weighted by atomic mass is 9.91. The smallest absolute Gasteiger partial charge is 0.165 e. The fourth-order valence-corrected chi connectivity index (χ4v) is 2.07. The lowest BCUT2D eigenvalue weighted by Gasteiger charge is -2.23. The first-order valence-corrected chi connectivity index (χ1v) is 5.35. The molecule has 3 heteroatoms. The lowest BCUT2D eigenvalue weighted by Crippen LogP contribution is -2.28. The van der Waals surface area contributed by atoms with Gasteiger partial charge in [0.1, 0.15) is 0 Å². The van der Waals surface area contributed by atoms with E-state index in [9.17, 15) is 4.39 Å². The first-order chi connectivity index (χ1) is 7.31. The summed E-state index contributed by atoms with van der Waals surface area (Å²) in [6.07, 6.45) is 2.30. The van der Waals surface area contributed by atoms with Gasteiger partial charge in [0.15, 0.2) is 11.6 Å². The average Bonchev–Trinajstić information content (AvgIpc) is 2.30. The topological polar surface area (TPSA) is 21.3 Å². The number of benzene rings is 1. The third-order valence-corrected chi connectivity index (χ3v) is 2.94. The number of ether oxygens (including phenoxy) is 1. The maximum atomic E-state index is 13.5. The van der Waals surface area contributed by atoms with Gasteiger partial charge in [-0.25, -0.2) is 4.39 Å². The van der Waals surface area contributed by atoms with Gasteiger partial charge in [-0.1, -0.05) is 6.07 Å². The second kappa shape index (κ2) is 4.62. The fraction of sp³-hybridized carbons (Fsp3) is 0.500. The van der Waals surface area contributed by atoms with Gasteiger partial charge in [-0.05, 0) is 43.0 Å². The first kappa shape index (κ1) is 10.4. The molecule has 2 rings (SSSR count). The number of piperidine rings is 1. The van der Waals surface area contributed by atoms with Crippen LogP contribution in [0.1, 0.15) is 24.3 Å². The van der Waals surface area contributed by atoms with E-state index in [1.165, 1.54) is 7.11 Å². The largest absolute Gasteiger partial charge is 0.494 e. The summed E-state index contributed by atoms with van der Waals surface area (Å²) in [5.41, 5.74) is 1.07. The van der Waals surface area contributed by atoms with Crippen molar-refractivity contribution < 1.29 is 9.13 Å². The zero-order valence-electron chi connectivity index (χ0n) is 8.92. The SMILES string of the molecule is COc1ccc([C@@H]2CCCNC2)cc1F. The Kier molecular flexibility index (Phi) is 3.21. The van der Waals surface area contributed by atoms with Gasteiger partial charge in [0.05, 0.1) is 7.11 Å². The minimum atomic E-state index is -0.263. The molecule has 0 aliphatic carbocycles. The van der Waals surface area contributed by atoms with Crippen LogP contribution in [0.2, 0.25) is 0 Å². The Hall–Kier alpha value is -1.09. The van der Waals surface area contributed by atoms with Crippen LogP contribution in [0.15, 0.2) is 18.2 Å². The maximum Gasteiger partial charge on any atom is 0.165 e. The van der Waals surface area contributed by atoms with Gasteiger partial charge < -0.3 is 10.1 Å². The van der Waals surface area contributed by atoms with Crippen molar-refractivity contribution in [1.29, 1.82) is 0 Å². The van der Waals surface area contributed by atoms with E-state index in [0.717, 1.165) is 31.5 Å². The van der Waals surface area contributed by atoms with Crippen molar-refractivity contribution in [2.45, 2.75) is 18.8 Å². The summed E-state index contributed by atoms with van der Waals surface area (Å²) < 4.78 is 18.4. The Morgan fingerprint density at radius 3 is 2.93 bits per heavy atom. The summed E-state index contributed by atoms with van der Waals surface area (Å²) in [7, 11) is 1.49. The maximum absolute atomic E-state index is 13.5. The molecule has 1 atom stereocenters. The molecule has 1 aromatic carbocycles. The summed E-state index contributed by atoms with van der Waals surface area (Å²) in [5, 5.41) is 3.33. The van der Waals surface area contributed by atoms with E-state index in [0.29, 0.717) is 11.7 Å². The minimum absolute atomic E-state index is 0.263. The summed E-state index contributed by atoms with van der Waals surface area (Å²) >= 11 is 0. The van der Waals surface area contributed by atoms with Crippen LogP contribution in [0.4, 0.5) is 4.39 Å². The Balaban J connectivity index is 2.17. The van der Waals surface area contributed by atoms with Crippen molar-refractivity contribution in [3.05, 3.63) is 29.6 Å². The van der Waals surface area contributed by atoms with Crippen molar-refractivity contribution >= 4 is 0 Å². The van der Waals surface area contributed by atoms with Crippen LogP contribution in [-0.4, -0.2) is 20.2 Å². The monoisotopic (exact) mass is 209 g/mol. The molecule has 1 aromatic rings. The van der Waals surface area contributed by atoms with E-state index in [4.69, 9.17) is 4.74 Å². The molecule has 0 saturated carbocycles. The molecule has 15 heavy (non-hydrogen) atoms. The zero-order valence-corrected chi connectivity index (χ0v) is 8.92. The van der Waals surface area contributed by atoms with E-state index in [1.54, 1.807) is 12.1 Å². The molecule has 1 aliphatic heterocycles. The Morgan fingerprint density at radius 1 is 1.47 bits per heavy atom. The molecule has 1 saturated heterocycles. The normalized spacial score (nSPS) is 21.3.